The van der Waals surface area contributed by atoms with Crippen LogP contribution in [0.4, 0.5) is 13.2 Å². The minimum absolute atomic E-state index is 0. The van der Waals surface area contributed by atoms with Crippen molar-refractivity contribution in [2.24, 2.45) is 0 Å². The van der Waals surface area contributed by atoms with Gasteiger partial charge in [-0.05, 0) is 37.9 Å². The van der Waals surface area contributed by atoms with Gasteiger partial charge in [0.1, 0.15) is 10.6 Å². The average molecular weight is 372 g/mol. The van der Waals surface area contributed by atoms with Gasteiger partial charge in [-0.3, -0.25) is 4.98 Å². The third-order valence-corrected chi connectivity index (χ3v) is 6.18. The molecule has 10 heteroatoms. The molecule has 5 nitrogen and oxygen atoms in total. The van der Waals surface area contributed by atoms with Gasteiger partial charge in [0.05, 0.1) is 0 Å². The van der Waals surface area contributed by atoms with E-state index in [9.17, 15) is 21.6 Å². The maximum atomic E-state index is 12.7. The smallest absolute Gasteiger partial charge is 0.315 e. The molecular formula is C13H17ClF3N3O2S. The number of pyridine rings is 1. The van der Waals surface area contributed by atoms with Crippen LogP contribution in [-0.4, -0.2) is 42.9 Å². The quantitative estimate of drug-likeness (QED) is 0.864. The molecular weight excluding hydrogens is 355 g/mol. The van der Waals surface area contributed by atoms with E-state index in [0.29, 0.717) is 19.0 Å². The van der Waals surface area contributed by atoms with E-state index < -0.39 is 21.9 Å². The van der Waals surface area contributed by atoms with Gasteiger partial charge in [-0.15, -0.1) is 12.4 Å². The molecule has 2 atom stereocenters. The molecule has 0 aliphatic carbocycles. The molecule has 0 aromatic carbocycles. The first-order valence-electron chi connectivity index (χ1n) is 7.07. The molecule has 0 spiro atoms. The lowest BCUT2D eigenvalue weighted by Gasteiger charge is -2.26. The Bertz CT molecular complexity index is 637. The summed E-state index contributed by atoms with van der Waals surface area (Å²) in [6, 6.07) is 1.47. The van der Waals surface area contributed by atoms with Crippen LogP contribution in [0.3, 0.4) is 0 Å². The summed E-state index contributed by atoms with van der Waals surface area (Å²) in [6.07, 6.45) is -1.50. The number of alkyl halides is 3. The Balaban J connectivity index is 0.00000192. The maximum Gasteiger partial charge on any atom is 0.433 e. The Hall–Kier alpha value is -0.900. The topological polar surface area (TPSA) is 62.3 Å². The Labute approximate surface area is 138 Å². The molecule has 3 heterocycles. The highest BCUT2D eigenvalue weighted by atomic mass is 35.5. The van der Waals surface area contributed by atoms with Crippen LogP contribution in [0.15, 0.2) is 23.2 Å². The Morgan fingerprint density at radius 2 is 1.87 bits per heavy atom. The van der Waals surface area contributed by atoms with Crippen molar-refractivity contribution in [3.8, 4) is 0 Å². The number of sulfonamides is 1. The highest BCUT2D eigenvalue weighted by Crippen LogP contribution is 2.34. The minimum Gasteiger partial charge on any atom is -0.315 e. The summed E-state index contributed by atoms with van der Waals surface area (Å²) in [5.41, 5.74) is -1.09. The number of aromatic nitrogens is 1. The number of hydrogen-bond acceptors (Lipinski definition) is 4. The first-order chi connectivity index (χ1) is 10.3. The lowest BCUT2D eigenvalue weighted by Crippen LogP contribution is -2.42. The predicted molar refractivity (Wildman–Crippen MR) is 79.8 cm³/mol. The molecule has 2 bridgehead atoms. The summed E-state index contributed by atoms with van der Waals surface area (Å²) < 4.78 is 64.5. The summed E-state index contributed by atoms with van der Waals surface area (Å²) in [5.74, 6) is 0. The Morgan fingerprint density at radius 1 is 1.17 bits per heavy atom. The van der Waals surface area contributed by atoms with Gasteiger partial charge < -0.3 is 5.32 Å². The summed E-state index contributed by atoms with van der Waals surface area (Å²) in [6.45, 7) is 1.32. The molecule has 2 fully saturated rings. The van der Waals surface area contributed by atoms with Crippen LogP contribution in [-0.2, 0) is 16.2 Å². The van der Waals surface area contributed by atoms with E-state index >= 15 is 0 Å². The Kier molecular flexibility index (Phi) is 5.24. The summed E-state index contributed by atoms with van der Waals surface area (Å²) in [4.78, 5) is 3.08. The number of hydrogen-bond donors (Lipinski definition) is 1. The van der Waals surface area contributed by atoms with Crippen molar-refractivity contribution in [1.82, 2.24) is 14.6 Å². The van der Waals surface area contributed by atoms with E-state index in [2.05, 4.69) is 10.3 Å². The van der Waals surface area contributed by atoms with Crippen LogP contribution in [0, 0.1) is 0 Å². The fourth-order valence-corrected chi connectivity index (χ4v) is 5.00. The predicted octanol–water partition coefficient (Wildman–Crippen LogP) is 2.04. The molecule has 2 aliphatic rings. The number of nitrogens with zero attached hydrogens (tertiary/aromatic N) is 2. The van der Waals surface area contributed by atoms with Gasteiger partial charge in [0.25, 0.3) is 0 Å². The molecule has 0 radical (unpaired) electrons. The van der Waals surface area contributed by atoms with Gasteiger partial charge in [0, 0.05) is 24.8 Å². The standard InChI is InChI=1S/C13H16F3N3O2S.ClH/c14-13(15,16)12-4-3-11(8-18-12)22(20,21)19-9-1-2-10(19)7-17-6-5-9;/h3-4,8-10,17H,1-2,5-7H2;1H. The molecule has 2 saturated heterocycles. The van der Waals surface area contributed by atoms with Crippen LogP contribution in [0.1, 0.15) is 25.0 Å². The van der Waals surface area contributed by atoms with Gasteiger partial charge >= 0.3 is 6.18 Å². The number of halogens is 4. The SMILES string of the molecule is Cl.O=S(=O)(c1ccc(C(F)(F)F)nc1)N1C2CCNCC1CC2. The molecule has 1 aromatic heterocycles. The van der Waals surface area contributed by atoms with Gasteiger partial charge in [0.15, 0.2) is 0 Å². The molecule has 23 heavy (non-hydrogen) atoms. The normalized spacial score (nSPS) is 25.7. The third kappa shape index (κ3) is 3.47. The highest BCUT2D eigenvalue weighted by molar-refractivity contribution is 7.89. The molecule has 2 unspecified atom stereocenters. The molecule has 1 aromatic rings. The highest BCUT2D eigenvalue weighted by Gasteiger charge is 2.43. The zero-order valence-electron chi connectivity index (χ0n) is 12.1. The summed E-state index contributed by atoms with van der Waals surface area (Å²) >= 11 is 0. The van der Waals surface area contributed by atoms with Crippen molar-refractivity contribution >= 4 is 22.4 Å². The zero-order valence-corrected chi connectivity index (χ0v) is 13.7. The second kappa shape index (κ2) is 6.54. The average Bonchev–Trinajstić information content (AvgIpc) is 2.72. The summed E-state index contributed by atoms with van der Waals surface area (Å²) in [5, 5.41) is 3.19. The lowest BCUT2D eigenvalue weighted by atomic mass is 10.1. The van der Waals surface area contributed by atoms with Crippen molar-refractivity contribution in [3.63, 3.8) is 0 Å². The number of nitrogens with one attached hydrogen (secondary N) is 1. The van der Waals surface area contributed by atoms with Crippen LogP contribution >= 0.6 is 12.4 Å². The van der Waals surface area contributed by atoms with Crippen molar-refractivity contribution in [2.45, 2.75) is 42.4 Å². The minimum atomic E-state index is -4.58. The van der Waals surface area contributed by atoms with E-state index in [0.717, 1.165) is 31.6 Å². The van der Waals surface area contributed by atoms with E-state index in [1.54, 1.807) is 0 Å². The third-order valence-electron chi connectivity index (χ3n) is 4.19. The maximum absolute atomic E-state index is 12.7. The van der Waals surface area contributed by atoms with E-state index in [-0.39, 0.29) is 29.4 Å². The van der Waals surface area contributed by atoms with Crippen LogP contribution in [0.25, 0.3) is 0 Å². The largest absolute Gasteiger partial charge is 0.433 e. The second-order valence-electron chi connectivity index (χ2n) is 5.59. The van der Waals surface area contributed by atoms with Crippen LogP contribution < -0.4 is 5.32 Å². The van der Waals surface area contributed by atoms with Gasteiger partial charge in [-0.25, -0.2) is 8.42 Å². The molecule has 3 rings (SSSR count). The van der Waals surface area contributed by atoms with E-state index in [1.807, 2.05) is 0 Å². The summed E-state index contributed by atoms with van der Waals surface area (Å²) in [7, 11) is -3.82. The molecule has 2 aliphatic heterocycles. The Morgan fingerprint density at radius 3 is 2.48 bits per heavy atom. The zero-order chi connectivity index (χ0) is 16.0. The molecule has 0 saturated carbocycles. The number of fused-ring (bicyclic) bond motifs is 2. The molecule has 1 N–H and O–H groups in total. The fraction of sp³-hybridized carbons (Fsp3) is 0.615. The van der Waals surface area contributed by atoms with Crippen molar-refractivity contribution in [1.29, 1.82) is 0 Å². The van der Waals surface area contributed by atoms with Gasteiger partial charge in [-0.1, -0.05) is 0 Å². The molecule has 130 valence electrons. The first-order valence-corrected chi connectivity index (χ1v) is 8.51. The van der Waals surface area contributed by atoms with Crippen molar-refractivity contribution < 1.29 is 21.6 Å². The number of rotatable bonds is 2. The van der Waals surface area contributed by atoms with Gasteiger partial charge in [0.2, 0.25) is 10.0 Å². The first kappa shape index (κ1) is 18.4. The van der Waals surface area contributed by atoms with E-state index in [1.165, 1.54) is 4.31 Å². The van der Waals surface area contributed by atoms with Crippen molar-refractivity contribution in [2.75, 3.05) is 13.1 Å². The van der Waals surface area contributed by atoms with Crippen molar-refractivity contribution in [3.05, 3.63) is 24.0 Å². The fourth-order valence-electron chi connectivity index (χ4n) is 3.15. The monoisotopic (exact) mass is 371 g/mol. The lowest BCUT2D eigenvalue weighted by molar-refractivity contribution is -0.141. The van der Waals surface area contributed by atoms with E-state index in [4.69, 9.17) is 0 Å². The second-order valence-corrected chi connectivity index (χ2v) is 7.43. The van der Waals surface area contributed by atoms with Crippen LogP contribution in [0.2, 0.25) is 0 Å². The van der Waals surface area contributed by atoms with Gasteiger partial charge in [-0.2, -0.15) is 17.5 Å². The van der Waals surface area contributed by atoms with Crippen LogP contribution in [0.5, 0.6) is 0 Å². The molecule has 0 amide bonds.